The summed E-state index contributed by atoms with van der Waals surface area (Å²) in [5.41, 5.74) is 1.73. The molecule has 1 heteroatoms. The van der Waals surface area contributed by atoms with Gasteiger partial charge in [-0.2, -0.15) is 0 Å². The topological polar surface area (TPSA) is 0 Å². The molecule has 0 nitrogen and oxygen atoms in total. The van der Waals surface area contributed by atoms with Gasteiger partial charge in [0.05, 0.1) is 0 Å². The van der Waals surface area contributed by atoms with Crippen molar-refractivity contribution in [3.05, 3.63) is 12.2 Å². The van der Waals surface area contributed by atoms with Crippen molar-refractivity contribution in [2.75, 3.05) is 5.88 Å². The van der Waals surface area contributed by atoms with Crippen LogP contribution < -0.4 is 0 Å². The third kappa shape index (κ3) is 1.54. The molecule has 0 atom stereocenters. The van der Waals surface area contributed by atoms with E-state index in [0.717, 1.165) is 12.3 Å². The fourth-order valence-corrected chi connectivity index (χ4v) is 2.04. The van der Waals surface area contributed by atoms with Crippen LogP contribution in [-0.2, 0) is 0 Å². The van der Waals surface area contributed by atoms with Crippen LogP contribution in [0.5, 0.6) is 0 Å². The molecule has 0 N–H and O–H groups in total. The minimum Gasteiger partial charge on any atom is -0.126 e. The van der Waals surface area contributed by atoms with Crippen LogP contribution >= 0.6 is 11.6 Å². The van der Waals surface area contributed by atoms with Gasteiger partial charge >= 0.3 is 0 Å². The van der Waals surface area contributed by atoms with Crippen LogP contribution in [0.25, 0.3) is 0 Å². The lowest BCUT2D eigenvalue weighted by molar-refractivity contribution is 0.166. The summed E-state index contributed by atoms with van der Waals surface area (Å²) in [7, 11) is 0. The highest BCUT2D eigenvalue weighted by Gasteiger charge is 2.35. The van der Waals surface area contributed by atoms with E-state index in [1.165, 1.54) is 24.8 Å². The number of alkyl halides is 1. The molecule has 0 heterocycles. The van der Waals surface area contributed by atoms with E-state index >= 15 is 0 Å². The second kappa shape index (κ2) is 2.96. The molecule has 0 spiro atoms. The molecule has 0 unspecified atom stereocenters. The number of hydrogen-bond donors (Lipinski definition) is 0. The van der Waals surface area contributed by atoms with Crippen molar-refractivity contribution in [1.82, 2.24) is 0 Å². The summed E-state index contributed by atoms with van der Waals surface area (Å²) in [6.45, 7) is 6.00. The maximum atomic E-state index is 5.86. The summed E-state index contributed by atoms with van der Waals surface area (Å²) in [4.78, 5) is 0. The molecule has 0 aromatic heterocycles. The van der Waals surface area contributed by atoms with E-state index in [-0.39, 0.29) is 0 Å². The van der Waals surface area contributed by atoms with Crippen molar-refractivity contribution in [3.63, 3.8) is 0 Å². The number of hydrogen-bond acceptors (Lipinski definition) is 0. The van der Waals surface area contributed by atoms with Gasteiger partial charge in [0.2, 0.25) is 0 Å². The minimum atomic E-state index is 0.452. The Labute approximate surface area is 68.3 Å². The van der Waals surface area contributed by atoms with E-state index in [9.17, 15) is 0 Å². The van der Waals surface area contributed by atoms with Gasteiger partial charge < -0.3 is 0 Å². The average molecular weight is 159 g/mol. The smallest absolute Gasteiger partial charge is 0.0283 e. The second-order valence-corrected chi connectivity index (χ2v) is 3.89. The van der Waals surface area contributed by atoms with Gasteiger partial charge in [0.1, 0.15) is 0 Å². The van der Waals surface area contributed by atoms with E-state index in [0.29, 0.717) is 5.41 Å². The van der Waals surface area contributed by atoms with E-state index in [1.807, 2.05) is 0 Å². The van der Waals surface area contributed by atoms with E-state index < -0.39 is 0 Å². The zero-order valence-electron chi connectivity index (χ0n) is 6.62. The molecule has 1 fully saturated rings. The molecule has 0 amide bonds. The van der Waals surface area contributed by atoms with Gasteiger partial charge in [-0.25, -0.2) is 0 Å². The van der Waals surface area contributed by atoms with Crippen LogP contribution in [0, 0.1) is 5.41 Å². The molecule has 0 bridgehead atoms. The molecule has 0 aromatic carbocycles. The molecule has 0 aromatic rings. The average Bonchev–Trinajstić information content (AvgIpc) is 1.78. The van der Waals surface area contributed by atoms with Gasteiger partial charge in [-0.1, -0.05) is 12.0 Å². The monoisotopic (exact) mass is 158 g/mol. The summed E-state index contributed by atoms with van der Waals surface area (Å²) in [5.74, 6) is 0.819. The highest BCUT2D eigenvalue weighted by Crippen LogP contribution is 2.46. The Morgan fingerprint density at radius 3 is 2.30 bits per heavy atom. The molecule has 1 aliphatic rings. The lowest BCUT2D eigenvalue weighted by atomic mass is 9.67. The van der Waals surface area contributed by atoms with Crippen LogP contribution in [0.4, 0.5) is 0 Å². The molecule has 0 aliphatic heterocycles. The quantitative estimate of drug-likeness (QED) is 0.437. The Balaban J connectivity index is 2.40. The van der Waals surface area contributed by atoms with Gasteiger partial charge in [0.25, 0.3) is 0 Å². The first kappa shape index (κ1) is 8.13. The standard InChI is InChI=1S/C9H15Cl/c1-8(2)6-9(7-10)4-3-5-9/h1,3-7H2,2H3. The SMILES string of the molecule is C=C(C)CC1(CCl)CCC1. The van der Waals surface area contributed by atoms with Gasteiger partial charge in [0.15, 0.2) is 0 Å². The number of allylic oxidation sites excluding steroid dienone is 1. The molecule has 10 heavy (non-hydrogen) atoms. The molecule has 0 saturated heterocycles. The van der Waals surface area contributed by atoms with Gasteiger partial charge in [-0.15, -0.1) is 18.2 Å². The first-order valence-corrected chi connectivity index (χ1v) is 4.42. The summed E-state index contributed by atoms with van der Waals surface area (Å²) in [6, 6.07) is 0. The lowest BCUT2D eigenvalue weighted by Gasteiger charge is -2.40. The van der Waals surface area contributed by atoms with Crippen LogP contribution in [0.15, 0.2) is 12.2 Å². The molecule has 1 rings (SSSR count). The molecular formula is C9H15Cl. The van der Waals surface area contributed by atoms with Gasteiger partial charge in [0, 0.05) is 5.88 Å². The molecule has 58 valence electrons. The number of rotatable bonds is 3. The van der Waals surface area contributed by atoms with Crippen molar-refractivity contribution in [3.8, 4) is 0 Å². The van der Waals surface area contributed by atoms with E-state index in [2.05, 4.69) is 13.5 Å². The first-order valence-electron chi connectivity index (χ1n) is 3.89. The Kier molecular flexibility index (Phi) is 2.40. The van der Waals surface area contributed by atoms with Crippen molar-refractivity contribution in [1.29, 1.82) is 0 Å². The zero-order chi connectivity index (χ0) is 7.61. The van der Waals surface area contributed by atoms with Crippen LogP contribution in [0.3, 0.4) is 0 Å². The second-order valence-electron chi connectivity index (χ2n) is 3.62. The normalized spacial score (nSPS) is 21.8. The summed E-state index contributed by atoms with van der Waals surface area (Å²) in [5, 5.41) is 0. The highest BCUT2D eigenvalue weighted by molar-refractivity contribution is 6.18. The molecule has 1 aliphatic carbocycles. The lowest BCUT2D eigenvalue weighted by Crippen LogP contribution is -2.31. The van der Waals surface area contributed by atoms with Crippen molar-refractivity contribution in [2.45, 2.75) is 32.6 Å². The molecule has 1 saturated carbocycles. The third-order valence-corrected chi connectivity index (χ3v) is 2.94. The van der Waals surface area contributed by atoms with Gasteiger partial charge in [-0.3, -0.25) is 0 Å². The predicted octanol–water partition coefficient (Wildman–Crippen LogP) is 3.36. The summed E-state index contributed by atoms with van der Waals surface area (Å²) in [6.07, 6.45) is 5.11. The Bertz CT molecular complexity index is 128. The van der Waals surface area contributed by atoms with E-state index in [4.69, 9.17) is 11.6 Å². The first-order chi connectivity index (χ1) is 4.68. The predicted molar refractivity (Wildman–Crippen MR) is 46.4 cm³/mol. The van der Waals surface area contributed by atoms with Crippen LogP contribution in [0.1, 0.15) is 32.6 Å². The maximum absolute atomic E-state index is 5.86. The van der Waals surface area contributed by atoms with Crippen molar-refractivity contribution in [2.24, 2.45) is 5.41 Å². The molecular weight excluding hydrogens is 144 g/mol. The molecule has 0 radical (unpaired) electrons. The Morgan fingerprint density at radius 1 is 1.60 bits per heavy atom. The van der Waals surface area contributed by atoms with Crippen molar-refractivity contribution >= 4 is 11.6 Å². The maximum Gasteiger partial charge on any atom is 0.0283 e. The van der Waals surface area contributed by atoms with E-state index in [1.54, 1.807) is 0 Å². The van der Waals surface area contributed by atoms with Crippen LogP contribution in [-0.4, -0.2) is 5.88 Å². The van der Waals surface area contributed by atoms with Crippen LogP contribution in [0.2, 0.25) is 0 Å². The van der Waals surface area contributed by atoms with Crippen molar-refractivity contribution < 1.29 is 0 Å². The zero-order valence-corrected chi connectivity index (χ0v) is 7.38. The van der Waals surface area contributed by atoms with Gasteiger partial charge in [-0.05, 0) is 31.6 Å². The highest BCUT2D eigenvalue weighted by atomic mass is 35.5. The number of halogens is 1. The fraction of sp³-hybridized carbons (Fsp3) is 0.778. The summed E-state index contributed by atoms with van der Waals surface area (Å²) >= 11 is 5.86. The fourth-order valence-electron chi connectivity index (χ4n) is 1.67. The minimum absolute atomic E-state index is 0.452. The Hall–Kier alpha value is 0.0300. The largest absolute Gasteiger partial charge is 0.126 e. The third-order valence-electron chi connectivity index (χ3n) is 2.37. The Morgan fingerprint density at radius 2 is 2.20 bits per heavy atom. The summed E-state index contributed by atoms with van der Waals surface area (Å²) < 4.78 is 0.